The molecule has 4 aromatic rings. The molecule has 1 aromatic carbocycles. The minimum Gasteiger partial charge on any atom is -0.462 e. The molecule has 0 saturated heterocycles. The fourth-order valence-electron chi connectivity index (χ4n) is 3.02. The Morgan fingerprint density at radius 3 is 2.87 bits per heavy atom. The van der Waals surface area contributed by atoms with Crippen LogP contribution in [0.25, 0.3) is 21.7 Å². The summed E-state index contributed by atoms with van der Waals surface area (Å²) in [6, 6.07) is 11.2. The van der Waals surface area contributed by atoms with E-state index in [9.17, 15) is 4.79 Å². The van der Waals surface area contributed by atoms with Gasteiger partial charge < -0.3 is 9.15 Å². The minimum absolute atomic E-state index is 0.0119. The third kappa shape index (κ3) is 4.83. The van der Waals surface area contributed by atoms with E-state index in [0.29, 0.717) is 35.0 Å². The van der Waals surface area contributed by atoms with Gasteiger partial charge >= 0.3 is 0 Å². The molecule has 6 nitrogen and oxygen atoms in total. The number of hydrogen-bond acceptors (Lipinski definition) is 7. The Morgan fingerprint density at radius 2 is 2.07 bits per heavy atom. The van der Waals surface area contributed by atoms with Gasteiger partial charge in [-0.25, -0.2) is 9.97 Å². The Balaban J connectivity index is 1.55. The molecule has 156 valence electrons. The highest BCUT2D eigenvalue weighted by Crippen LogP contribution is 2.28. The summed E-state index contributed by atoms with van der Waals surface area (Å²) in [5, 5.41) is 4.21. The standard InChI is InChI=1S/C22H23N3O3S2/c1-15(2)27-12-6-10-25-21(26)17-7-3-4-8-18(17)24-22(25)30-14-16-13-29-20(23-16)19-9-5-11-28-19/h3-5,7-9,11,13,15H,6,10,12,14H2,1-2H3. The number of furan rings is 1. The molecule has 4 rings (SSSR count). The lowest BCUT2D eigenvalue weighted by Crippen LogP contribution is -2.24. The van der Waals surface area contributed by atoms with Gasteiger partial charge in [-0.15, -0.1) is 11.3 Å². The summed E-state index contributed by atoms with van der Waals surface area (Å²) in [4.78, 5) is 22.5. The smallest absolute Gasteiger partial charge is 0.262 e. The SMILES string of the molecule is CC(C)OCCCn1c(SCc2csc(-c3ccco3)n2)nc2ccccc2c1=O. The zero-order valence-electron chi connectivity index (χ0n) is 16.9. The third-order valence-electron chi connectivity index (χ3n) is 4.44. The molecule has 0 atom stereocenters. The van der Waals surface area contributed by atoms with Gasteiger partial charge in [-0.05, 0) is 44.5 Å². The fourth-order valence-corrected chi connectivity index (χ4v) is 4.83. The molecular formula is C22H23N3O3S2. The van der Waals surface area contributed by atoms with Crippen molar-refractivity contribution in [3.63, 3.8) is 0 Å². The maximum absolute atomic E-state index is 13.1. The van der Waals surface area contributed by atoms with E-state index in [1.54, 1.807) is 22.2 Å². The number of nitrogens with zero attached hydrogens (tertiary/aromatic N) is 3. The largest absolute Gasteiger partial charge is 0.462 e. The summed E-state index contributed by atoms with van der Waals surface area (Å²) >= 11 is 3.08. The maximum atomic E-state index is 13.1. The number of para-hydroxylation sites is 1. The zero-order valence-corrected chi connectivity index (χ0v) is 18.5. The number of hydrogen-bond donors (Lipinski definition) is 0. The Labute approximate surface area is 182 Å². The molecule has 0 aliphatic carbocycles. The number of thioether (sulfide) groups is 1. The van der Waals surface area contributed by atoms with Gasteiger partial charge in [0.15, 0.2) is 15.9 Å². The second-order valence-corrected chi connectivity index (χ2v) is 8.85. The van der Waals surface area contributed by atoms with Crippen LogP contribution in [0.1, 0.15) is 26.0 Å². The summed E-state index contributed by atoms with van der Waals surface area (Å²) in [6.45, 7) is 5.20. The molecule has 0 amide bonds. The summed E-state index contributed by atoms with van der Waals surface area (Å²) in [6.07, 6.45) is 2.58. The molecule has 3 heterocycles. The van der Waals surface area contributed by atoms with Gasteiger partial charge in [0.25, 0.3) is 5.56 Å². The summed E-state index contributed by atoms with van der Waals surface area (Å²) in [7, 11) is 0. The van der Waals surface area contributed by atoms with E-state index in [1.807, 2.05) is 55.6 Å². The first kappa shape index (κ1) is 20.8. The normalized spacial score (nSPS) is 11.6. The summed E-state index contributed by atoms with van der Waals surface area (Å²) in [5.74, 6) is 1.40. The van der Waals surface area contributed by atoms with Crippen LogP contribution >= 0.6 is 23.1 Å². The summed E-state index contributed by atoms with van der Waals surface area (Å²) < 4.78 is 12.8. The van der Waals surface area contributed by atoms with E-state index in [2.05, 4.69) is 4.98 Å². The van der Waals surface area contributed by atoms with Crippen LogP contribution in [0, 0.1) is 0 Å². The predicted octanol–water partition coefficient (Wildman–Crippen LogP) is 5.22. The van der Waals surface area contributed by atoms with Crippen LogP contribution < -0.4 is 5.56 Å². The molecule has 0 unspecified atom stereocenters. The summed E-state index contributed by atoms with van der Waals surface area (Å²) in [5.41, 5.74) is 1.64. The lowest BCUT2D eigenvalue weighted by molar-refractivity contribution is 0.0743. The quantitative estimate of drug-likeness (QED) is 0.201. The molecule has 0 fully saturated rings. The van der Waals surface area contributed by atoms with E-state index >= 15 is 0 Å². The first-order valence-electron chi connectivity index (χ1n) is 9.84. The van der Waals surface area contributed by atoms with Crippen molar-refractivity contribution in [1.82, 2.24) is 14.5 Å². The van der Waals surface area contributed by atoms with Crippen molar-refractivity contribution in [2.24, 2.45) is 0 Å². The average Bonchev–Trinajstić information content (AvgIpc) is 3.43. The molecule has 0 spiro atoms. The average molecular weight is 442 g/mol. The van der Waals surface area contributed by atoms with Gasteiger partial charge in [-0.1, -0.05) is 23.9 Å². The van der Waals surface area contributed by atoms with Crippen LogP contribution in [0.4, 0.5) is 0 Å². The van der Waals surface area contributed by atoms with Crippen molar-refractivity contribution in [3.8, 4) is 10.8 Å². The van der Waals surface area contributed by atoms with E-state index < -0.39 is 0 Å². The molecule has 0 aliphatic rings. The molecule has 8 heteroatoms. The van der Waals surface area contributed by atoms with E-state index in [1.165, 1.54) is 11.8 Å². The van der Waals surface area contributed by atoms with Crippen LogP contribution in [0.15, 0.2) is 62.4 Å². The number of aromatic nitrogens is 3. The van der Waals surface area contributed by atoms with Gasteiger partial charge in [-0.3, -0.25) is 9.36 Å². The number of benzene rings is 1. The monoisotopic (exact) mass is 441 g/mol. The molecule has 0 N–H and O–H groups in total. The van der Waals surface area contributed by atoms with Crippen LogP contribution in [-0.2, 0) is 17.0 Å². The fraction of sp³-hybridized carbons (Fsp3) is 0.318. The molecule has 3 aromatic heterocycles. The Morgan fingerprint density at radius 1 is 1.20 bits per heavy atom. The lowest BCUT2D eigenvalue weighted by atomic mass is 10.2. The number of thiazole rings is 1. The number of rotatable bonds is 9. The van der Waals surface area contributed by atoms with Crippen molar-refractivity contribution >= 4 is 34.0 Å². The van der Waals surface area contributed by atoms with Crippen molar-refractivity contribution < 1.29 is 9.15 Å². The highest BCUT2D eigenvalue weighted by molar-refractivity contribution is 7.98. The number of fused-ring (bicyclic) bond motifs is 1. The molecule has 30 heavy (non-hydrogen) atoms. The van der Waals surface area contributed by atoms with Crippen LogP contribution in [0.5, 0.6) is 0 Å². The highest BCUT2D eigenvalue weighted by atomic mass is 32.2. The highest BCUT2D eigenvalue weighted by Gasteiger charge is 2.13. The second kappa shape index (κ2) is 9.59. The first-order chi connectivity index (χ1) is 14.6. The lowest BCUT2D eigenvalue weighted by Gasteiger charge is -2.13. The molecular weight excluding hydrogens is 418 g/mol. The number of ether oxygens (including phenoxy) is 1. The molecule has 0 aliphatic heterocycles. The third-order valence-corrected chi connectivity index (χ3v) is 6.35. The van der Waals surface area contributed by atoms with Crippen LogP contribution in [-0.4, -0.2) is 27.2 Å². The van der Waals surface area contributed by atoms with Gasteiger partial charge in [-0.2, -0.15) is 0 Å². The van der Waals surface area contributed by atoms with Crippen molar-refractivity contribution in [2.45, 2.75) is 43.8 Å². The molecule has 0 saturated carbocycles. The van der Waals surface area contributed by atoms with Gasteiger partial charge in [0, 0.05) is 24.3 Å². The van der Waals surface area contributed by atoms with Crippen molar-refractivity contribution in [1.29, 1.82) is 0 Å². The zero-order chi connectivity index (χ0) is 20.9. The van der Waals surface area contributed by atoms with Crippen LogP contribution in [0.2, 0.25) is 0 Å². The molecule has 0 bridgehead atoms. The minimum atomic E-state index is -0.0119. The van der Waals surface area contributed by atoms with Crippen molar-refractivity contribution in [3.05, 3.63) is 64.1 Å². The Kier molecular flexibility index (Phi) is 6.66. The van der Waals surface area contributed by atoms with Gasteiger partial charge in [0.05, 0.1) is 29.0 Å². The van der Waals surface area contributed by atoms with E-state index in [0.717, 1.165) is 22.9 Å². The van der Waals surface area contributed by atoms with Crippen molar-refractivity contribution in [2.75, 3.05) is 6.61 Å². The Bertz CT molecular complexity index is 1170. The molecule has 0 radical (unpaired) electrons. The second-order valence-electron chi connectivity index (χ2n) is 7.05. The van der Waals surface area contributed by atoms with E-state index in [4.69, 9.17) is 14.1 Å². The van der Waals surface area contributed by atoms with E-state index in [-0.39, 0.29) is 11.7 Å². The predicted molar refractivity (Wildman–Crippen MR) is 121 cm³/mol. The maximum Gasteiger partial charge on any atom is 0.262 e. The van der Waals surface area contributed by atoms with Crippen LogP contribution in [0.3, 0.4) is 0 Å². The first-order valence-corrected chi connectivity index (χ1v) is 11.7. The topological polar surface area (TPSA) is 70.2 Å². The Hall–Kier alpha value is -2.42. The van der Waals surface area contributed by atoms with Gasteiger partial charge in [0.1, 0.15) is 0 Å². The van der Waals surface area contributed by atoms with Gasteiger partial charge in [0.2, 0.25) is 0 Å².